The van der Waals surface area contributed by atoms with Crippen LogP contribution in [0.5, 0.6) is 0 Å². The molecule has 0 unspecified atom stereocenters. The number of nitrogens with one attached hydrogen (secondary N) is 1. The molecule has 0 saturated heterocycles. The molecule has 3 aromatic rings. The highest BCUT2D eigenvalue weighted by Crippen LogP contribution is 2.31. The molecule has 0 aliphatic carbocycles. The molecule has 0 aliphatic heterocycles. The number of aryl methyl sites for hydroxylation is 2. The second-order valence-electron chi connectivity index (χ2n) is 5.96. The average Bonchev–Trinajstić information content (AvgIpc) is 2.82. The zero-order valence-electron chi connectivity index (χ0n) is 13.7. The minimum absolute atomic E-state index is 0.310. The summed E-state index contributed by atoms with van der Waals surface area (Å²) in [5.41, 5.74) is 4.53. The molecular weight excluding hydrogens is 324 g/mol. The molecule has 0 fully saturated rings. The fourth-order valence-corrected chi connectivity index (χ4v) is 3.25. The zero-order chi connectivity index (χ0) is 17.5. The van der Waals surface area contributed by atoms with Crippen molar-refractivity contribution in [3.8, 4) is 11.1 Å². The number of hydrogen-bond donors (Lipinski definition) is 1. The molecular formula is C18H18N2O3S. The van der Waals surface area contributed by atoms with Gasteiger partial charge in [0.05, 0.1) is 6.26 Å². The Bertz CT molecular complexity index is 1050. The lowest BCUT2D eigenvalue weighted by Gasteiger charge is -2.05. The Kier molecular flexibility index (Phi) is 3.93. The molecule has 6 heteroatoms. The van der Waals surface area contributed by atoms with Gasteiger partial charge in [-0.2, -0.15) is 0 Å². The van der Waals surface area contributed by atoms with E-state index < -0.39 is 15.9 Å². The van der Waals surface area contributed by atoms with Crippen molar-refractivity contribution < 1.29 is 13.2 Å². The van der Waals surface area contributed by atoms with Crippen molar-refractivity contribution in [1.29, 1.82) is 0 Å². The number of nitrogens with zero attached hydrogens (tertiary/aromatic N) is 1. The fourth-order valence-electron chi connectivity index (χ4n) is 2.80. The molecule has 0 radical (unpaired) electrons. The number of rotatable bonds is 3. The summed E-state index contributed by atoms with van der Waals surface area (Å²) in [4.78, 5) is 12.0. The highest BCUT2D eigenvalue weighted by atomic mass is 32.2. The van der Waals surface area contributed by atoms with E-state index in [1.807, 2.05) is 53.7 Å². The van der Waals surface area contributed by atoms with Crippen LogP contribution in [-0.2, 0) is 17.1 Å². The van der Waals surface area contributed by atoms with Gasteiger partial charge in [0.2, 0.25) is 10.0 Å². The normalized spacial score (nSPS) is 11.6. The zero-order valence-corrected chi connectivity index (χ0v) is 14.5. The first-order chi connectivity index (χ1) is 11.2. The summed E-state index contributed by atoms with van der Waals surface area (Å²) >= 11 is 0. The molecule has 2 aromatic carbocycles. The van der Waals surface area contributed by atoms with Crippen LogP contribution in [0.1, 0.15) is 15.9 Å². The number of aromatic nitrogens is 1. The number of sulfonamides is 1. The lowest BCUT2D eigenvalue weighted by atomic mass is 10.0. The lowest BCUT2D eigenvalue weighted by Crippen LogP contribution is -2.29. The summed E-state index contributed by atoms with van der Waals surface area (Å²) in [5.74, 6) is -0.627. The van der Waals surface area contributed by atoms with Crippen LogP contribution in [-0.4, -0.2) is 25.1 Å². The molecule has 1 aromatic heterocycles. The molecule has 0 aliphatic rings. The smallest absolute Gasteiger partial charge is 0.264 e. The van der Waals surface area contributed by atoms with Crippen molar-refractivity contribution in [1.82, 2.24) is 9.29 Å². The van der Waals surface area contributed by atoms with Crippen molar-refractivity contribution in [2.45, 2.75) is 6.92 Å². The first-order valence-electron chi connectivity index (χ1n) is 7.43. The second-order valence-corrected chi connectivity index (χ2v) is 7.71. The van der Waals surface area contributed by atoms with Gasteiger partial charge in [-0.25, -0.2) is 13.1 Å². The van der Waals surface area contributed by atoms with Gasteiger partial charge in [-0.1, -0.05) is 35.9 Å². The molecule has 5 nitrogen and oxygen atoms in total. The highest BCUT2D eigenvalue weighted by molar-refractivity contribution is 7.89. The Hall–Kier alpha value is -2.60. The van der Waals surface area contributed by atoms with Gasteiger partial charge < -0.3 is 4.57 Å². The Balaban J connectivity index is 2.10. The summed E-state index contributed by atoms with van der Waals surface area (Å²) in [6, 6.07) is 13.4. The van der Waals surface area contributed by atoms with Crippen LogP contribution in [0, 0.1) is 6.92 Å². The van der Waals surface area contributed by atoms with Crippen molar-refractivity contribution in [2.75, 3.05) is 6.26 Å². The first-order valence-corrected chi connectivity index (χ1v) is 9.32. The minimum atomic E-state index is -3.58. The highest BCUT2D eigenvalue weighted by Gasteiger charge is 2.14. The largest absolute Gasteiger partial charge is 0.350 e. The number of carbonyl (C=O) groups excluding carboxylic acids is 1. The molecule has 0 atom stereocenters. The molecule has 1 N–H and O–H groups in total. The Morgan fingerprint density at radius 2 is 1.88 bits per heavy atom. The molecule has 0 spiro atoms. The standard InChI is InChI=1S/C18H18N2O3S/c1-12-5-4-6-13(9-12)16-11-20(2)17-10-14(7-8-15(16)17)18(21)19-24(3,22)23/h4-11H,1-3H3,(H,19,21). The van der Waals surface area contributed by atoms with Gasteiger partial charge in [-0.3, -0.25) is 4.79 Å². The van der Waals surface area contributed by atoms with Crippen LogP contribution in [0.3, 0.4) is 0 Å². The van der Waals surface area contributed by atoms with E-state index in [-0.39, 0.29) is 0 Å². The van der Waals surface area contributed by atoms with E-state index in [9.17, 15) is 13.2 Å². The number of carbonyl (C=O) groups is 1. The number of fused-ring (bicyclic) bond motifs is 1. The van der Waals surface area contributed by atoms with Gasteiger partial charge >= 0.3 is 0 Å². The first kappa shape index (κ1) is 16.3. The number of hydrogen-bond acceptors (Lipinski definition) is 3. The molecule has 124 valence electrons. The number of benzene rings is 2. The molecule has 24 heavy (non-hydrogen) atoms. The van der Waals surface area contributed by atoms with E-state index in [0.29, 0.717) is 5.56 Å². The van der Waals surface area contributed by atoms with E-state index in [1.54, 1.807) is 12.1 Å². The minimum Gasteiger partial charge on any atom is -0.350 e. The maximum absolute atomic E-state index is 12.0. The lowest BCUT2D eigenvalue weighted by molar-refractivity contribution is 0.0982. The summed E-state index contributed by atoms with van der Waals surface area (Å²) < 4.78 is 26.4. The predicted molar refractivity (Wildman–Crippen MR) is 95.4 cm³/mol. The van der Waals surface area contributed by atoms with Gasteiger partial charge in [0, 0.05) is 35.3 Å². The second kappa shape index (κ2) is 5.79. The fraction of sp³-hybridized carbons (Fsp3) is 0.167. The summed E-state index contributed by atoms with van der Waals surface area (Å²) in [6.45, 7) is 2.04. The average molecular weight is 342 g/mol. The van der Waals surface area contributed by atoms with Crippen molar-refractivity contribution in [3.05, 3.63) is 59.8 Å². The summed E-state index contributed by atoms with van der Waals surface area (Å²) in [7, 11) is -1.68. The van der Waals surface area contributed by atoms with Crippen LogP contribution in [0.4, 0.5) is 0 Å². The van der Waals surface area contributed by atoms with E-state index in [1.165, 1.54) is 5.56 Å². The maximum Gasteiger partial charge on any atom is 0.264 e. The molecule has 0 saturated carbocycles. The van der Waals surface area contributed by atoms with E-state index in [4.69, 9.17) is 0 Å². The maximum atomic E-state index is 12.0. The van der Waals surface area contributed by atoms with Gasteiger partial charge in [-0.15, -0.1) is 0 Å². The summed E-state index contributed by atoms with van der Waals surface area (Å²) in [6.07, 6.45) is 2.97. The van der Waals surface area contributed by atoms with Gasteiger partial charge in [0.15, 0.2) is 0 Å². The predicted octanol–water partition coefficient (Wildman–Crippen LogP) is 2.84. The topological polar surface area (TPSA) is 68.2 Å². The summed E-state index contributed by atoms with van der Waals surface area (Å²) in [5, 5.41) is 1.01. The van der Waals surface area contributed by atoms with Gasteiger partial charge in [0.25, 0.3) is 5.91 Å². The van der Waals surface area contributed by atoms with E-state index in [0.717, 1.165) is 28.3 Å². The Labute approximate surface area is 141 Å². The molecule has 3 rings (SSSR count). The van der Waals surface area contributed by atoms with Gasteiger partial charge in [0.1, 0.15) is 0 Å². The van der Waals surface area contributed by atoms with Crippen LogP contribution < -0.4 is 4.72 Å². The van der Waals surface area contributed by atoms with Crippen molar-refractivity contribution >= 4 is 26.8 Å². The van der Waals surface area contributed by atoms with E-state index in [2.05, 4.69) is 6.07 Å². The van der Waals surface area contributed by atoms with Crippen molar-refractivity contribution in [2.24, 2.45) is 7.05 Å². The van der Waals surface area contributed by atoms with Crippen LogP contribution >= 0.6 is 0 Å². The quantitative estimate of drug-likeness (QED) is 0.796. The molecule has 1 heterocycles. The third-order valence-electron chi connectivity index (χ3n) is 3.86. The van der Waals surface area contributed by atoms with Crippen LogP contribution in [0.2, 0.25) is 0 Å². The monoisotopic (exact) mass is 342 g/mol. The van der Waals surface area contributed by atoms with Crippen molar-refractivity contribution in [3.63, 3.8) is 0 Å². The third kappa shape index (κ3) is 3.19. The molecule has 1 amide bonds. The Morgan fingerprint density at radius 1 is 1.12 bits per heavy atom. The van der Waals surface area contributed by atoms with E-state index >= 15 is 0 Å². The third-order valence-corrected chi connectivity index (χ3v) is 4.42. The number of amides is 1. The van der Waals surface area contributed by atoms with Crippen LogP contribution in [0.25, 0.3) is 22.0 Å². The SMILES string of the molecule is Cc1cccc(-c2cn(C)c3cc(C(=O)NS(C)(=O)=O)ccc23)c1. The Morgan fingerprint density at radius 3 is 2.54 bits per heavy atom. The van der Waals surface area contributed by atoms with Crippen LogP contribution in [0.15, 0.2) is 48.7 Å². The molecule has 0 bridgehead atoms. The van der Waals surface area contributed by atoms with Gasteiger partial charge in [-0.05, 0) is 24.6 Å².